The van der Waals surface area contributed by atoms with E-state index in [1.165, 1.54) is 11.3 Å². The normalized spacial score (nSPS) is 10.1. The predicted octanol–water partition coefficient (Wildman–Crippen LogP) is 2.10. The molecular formula is C13H13N3O2S2. The Morgan fingerprint density at radius 3 is 2.90 bits per heavy atom. The number of hydrogen-bond donors (Lipinski definition) is 2. The minimum absolute atomic E-state index is 0.127. The first kappa shape index (κ1) is 14.4. The summed E-state index contributed by atoms with van der Waals surface area (Å²) >= 11 is 6.29. The number of anilines is 1. The van der Waals surface area contributed by atoms with E-state index in [0.717, 1.165) is 5.69 Å². The van der Waals surface area contributed by atoms with Crippen molar-refractivity contribution < 1.29 is 9.53 Å². The van der Waals surface area contributed by atoms with E-state index in [1.54, 1.807) is 24.3 Å². The van der Waals surface area contributed by atoms with Gasteiger partial charge in [-0.05, 0) is 19.1 Å². The van der Waals surface area contributed by atoms with Crippen LogP contribution in [0.4, 0.5) is 5.13 Å². The number of benzene rings is 1. The van der Waals surface area contributed by atoms with Gasteiger partial charge in [-0.15, -0.1) is 11.3 Å². The van der Waals surface area contributed by atoms with Crippen molar-refractivity contribution in [2.24, 2.45) is 5.73 Å². The summed E-state index contributed by atoms with van der Waals surface area (Å²) in [6, 6.07) is 7.06. The van der Waals surface area contributed by atoms with Gasteiger partial charge >= 0.3 is 0 Å². The van der Waals surface area contributed by atoms with E-state index in [2.05, 4.69) is 10.3 Å². The second kappa shape index (κ2) is 6.44. The predicted molar refractivity (Wildman–Crippen MR) is 83.3 cm³/mol. The van der Waals surface area contributed by atoms with Crippen LogP contribution in [0.5, 0.6) is 5.75 Å². The van der Waals surface area contributed by atoms with E-state index in [-0.39, 0.29) is 17.5 Å². The molecule has 2 aromatic rings. The lowest BCUT2D eigenvalue weighted by Crippen LogP contribution is -2.21. The van der Waals surface area contributed by atoms with Gasteiger partial charge in [0.2, 0.25) is 0 Å². The fraction of sp³-hybridized carbons (Fsp3) is 0.154. The van der Waals surface area contributed by atoms with Crippen LogP contribution < -0.4 is 15.8 Å². The third kappa shape index (κ3) is 3.75. The van der Waals surface area contributed by atoms with Crippen LogP contribution in [-0.2, 0) is 4.79 Å². The lowest BCUT2D eigenvalue weighted by molar-refractivity contribution is -0.118. The number of carbonyl (C=O) groups is 1. The molecule has 20 heavy (non-hydrogen) atoms. The molecular weight excluding hydrogens is 294 g/mol. The number of para-hydroxylation sites is 1. The van der Waals surface area contributed by atoms with E-state index >= 15 is 0 Å². The highest BCUT2D eigenvalue weighted by Gasteiger charge is 2.09. The number of hydrogen-bond acceptors (Lipinski definition) is 5. The standard InChI is InChI=1S/C13H13N3O2S2/c1-8-7-20-13(15-8)16-11(17)6-18-10-5-3-2-4-9(10)12(14)19/h2-5,7H,6H2,1H3,(H2,14,19)(H,15,16,17). The SMILES string of the molecule is Cc1csc(NC(=O)COc2ccccc2C(N)=S)n1. The van der Waals surface area contributed by atoms with Gasteiger partial charge in [0, 0.05) is 5.38 Å². The van der Waals surface area contributed by atoms with Gasteiger partial charge in [0.25, 0.3) is 5.91 Å². The molecule has 0 unspecified atom stereocenters. The van der Waals surface area contributed by atoms with Gasteiger partial charge in [-0.25, -0.2) is 4.98 Å². The van der Waals surface area contributed by atoms with Crippen LogP contribution in [-0.4, -0.2) is 22.5 Å². The number of nitrogens with one attached hydrogen (secondary N) is 1. The van der Waals surface area contributed by atoms with Crippen LogP contribution in [0, 0.1) is 6.92 Å². The van der Waals surface area contributed by atoms with Gasteiger partial charge in [-0.3, -0.25) is 10.1 Å². The molecule has 0 fully saturated rings. The lowest BCUT2D eigenvalue weighted by Gasteiger charge is -2.09. The van der Waals surface area contributed by atoms with Gasteiger partial charge in [0.15, 0.2) is 11.7 Å². The van der Waals surface area contributed by atoms with Crippen molar-refractivity contribution >= 4 is 39.6 Å². The number of amides is 1. The molecule has 1 aromatic heterocycles. The molecule has 5 nitrogen and oxygen atoms in total. The first-order valence-corrected chi connectivity index (χ1v) is 7.08. The Bertz CT molecular complexity index is 640. The first-order chi connectivity index (χ1) is 9.56. The number of thiocarbonyl (C=S) groups is 1. The third-order valence-electron chi connectivity index (χ3n) is 2.38. The zero-order valence-electron chi connectivity index (χ0n) is 10.8. The molecule has 104 valence electrons. The molecule has 0 aliphatic carbocycles. The number of ether oxygens (including phenoxy) is 1. The highest BCUT2D eigenvalue weighted by atomic mass is 32.1. The molecule has 0 aliphatic rings. The molecule has 0 saturated carbocycles. The summed E-state index contributed by atoms with van der Waals surface area (Å²) in [5, 5.41) is 5.08. The number of aryl methyl sites for hydroxylation is 1. The Kier molecular flexibility index (Phi) is 4.65. The quantitative estimate of drug-likeness (QED) is 0.827. The van der Waals surface area contributed by atoms with E-state index in [9.17, 15) is 4.79 Å². The Morgan fingerprint density at radius 2 is 2.25 bits per heavy atom. The Labute approximate surface area is 125 Å². The molecule has 1 heterocycles. The number of aromatic nitrogens is 1. The highest BCUT2D eigenvalue weighted by Crippen LogP contribution is 2.18. The molecule has 1 amide bonds. The molecule has 2 rings (SSSR count). The first-order valence-electron chi connectivity index (χ1n) is 5.80. The van der Waals surface area contributed by atoms with Crippen molar-refractivity contribution in [3.05, 3.63) is 40.9 Å². The van der Waals surface area contributed by atoms with Gasteiger partial charge in [-0.2, -0.15) is 0 Å². The van der Waals surface area contributed by atoms with Crippen molar-refractivity contribution in [1.29, 1.82) is 0 Å². The summed E-state index contributed by atoms with van der Waals surface area (Å²) in [5.74, 6) is 0.211. The molecule has 1 aromatic carbocycles. The molecule has 0 saturated heterocycles. The second-order valence-corrected chi connectivity index (χ2v) is 5.29. The van der Waals surface area contributed by atoms with Crippen molar-refractivity contribution in [3.63, 3.8) is 0 Å². The molecule has 0 aliphatic heterocycles. The van der Waals surface area contributed by atoms with Crippen LogP contribution in [0.25, 0.3) is 0 Å². The average Bonchev–Trinajstić information content (AvgIpc) is 2.82. The molecule has 0 radical (unpaired) electrons. The van der Waals surface area contributed by atoms with Gasteiger partial charge < -0.3 is 10.5 Å². The Balaban J connectivity index is 1.95. The highest BCUT2D eigenvalue weighted by molar-refractivity contribution is 7.80. The van der Waals surface area contributed by atoms with E-state index in [4.69, 9.17) is 22.7 Å². The fourth-order valence-corrected chi connectivity index (χ4v) is 2.38. The van der Waals surface area contributed by atoms with Crippen molar-refractivity contribution in [2.75, 3.05) is 11.9 Å². The summed E-state index contributed by atoms with van der Waals surface area (Å²) in [5.41, 5.74) is 7.07. The molecule has 0 bridgehead atoms. The maximum absolute atomic E-state index is 11.7. The van der Waals surface area contributed by atoms with Gasteiger partial charge in [-0.1, -0.05) is 24.4 Å². The largest absolute Gasteiger partial charge is 0.483 e. The summed E-state index contributed by atoms with van der Waals surface area (Å²) in [4.78, 5) is 16.1. The van der Waals surface area contributed by atoms with E-state index in [1.807, 2.05) is 12.3 Å². The minimum Gasteiger partial charge on any atom is -0.483 e. The zero-order valence-corrected chi connectivity index (χ0v) is 12.4. The van der Waals surface area contributed by atoms with E-state index in [0.29, 0.717) is 16.4 Å². The maximum atomic E-state index is 11.7. The lowest BCUT2D eigenvalue weighted by atomic mass is 10.2. The van der Waals surface area contributed by atoms with Crippen LogP contribution in [0.2, 0.25) is 0 Å². The zero-order chi connectivity index (χ0) is 14.5. The number of nitrogens with two attached hydrogens (primary N) is 1. The smallest absolute Gasteiger partial charge is 0.264 e. The average molecular weight is 307 g/mol. The monoisotopic (exact) mass is 307 g/mol. The molecule has 0 atom stereocenters. The second-order valence-electron chi connectivity index (χ2n) is 3.99. The van der Waals surface area contributed by atoms with Crippen LogP contribution >= 0.6 is 23.6 Å². The van der Waals surface area contributed by atoms with Gasteiger partial charge in [0.1, 0.15) is 10.7 Å². The van der Waals surface area contributed by atoms with Gasteiger partial charge in [0.05, 0.1) is 11.3 Å². The summed E-state index contributed by atoms with van der Waals surface area (Å²) < 4.78 is 5.44. The molecule has 7 heteroatoms. The molecule has 0 spiro atoms. The summed E-state index contributed by atoms with van der Waals surface area (Å²) in [7, 11) is 0. The Morgan fingerprint density at radius 1 is 1.50 bits per heavy atom. The topological polar surface area (TPSA) is 77.2 Å². The van der Waals surface area contributed by atoms with E-state index < -0.39 is 0 Å². The number of thiazole rings is 1. The maximum Gasteiger partial charge on any atom is 0.264 e. The summed E-state index contributed by atoms with van der Waals surface area (Å²) in [6.07, 6.45) is 0. The van der Waals surface area contributed by atoms with Crippen LogP contribution in [0.1, 0.15) is 11.3 Å². The van der Waals surface area contributed by atoms with Crippen LogP contribution in [0.15, 0.2) is 29.6 Å². The Hall–Kier alpha value is -1.99. The minimum atomic E-state index is -0.280. The van der Waals surface area contributed by atoms with Crippen molar-refractivity contribution in [3.8, 4) is 5.75 Å². The van der Waals surface area contributed by atoms with Crippen molar-refractivity contribution in [1.82, 2.24) is 4.98 Å². The van der Waals surface area contributed by atoms with Crippen LogP contribution in [0.3, 0.4) is 0 Å². The third-order valence-corrected chi connectivity index (χ3v) is 3.47. The number of rotatable bonds is 5. The fourth-order valence-electron chi connectivity index (χ4n) is 1.51. The number of carbonyl (C=O) groups excluding carboxylic acids is 1. The van der Waals surface area contributed by atoms with Crippen molar-refractivity contribution in [2.45, 2.75) is 6.92 Å². The molecule has 3 N–H and O–H groups in total. The summed E-state index contributed by atoms with van der Waals surface area (Å²) in [6.45, 7) is 1.74. The number of nitrogens with zero attached hydrogens (tertiary/aromatic N) is 1.